The fraction of sp³-hybridized carbons (Fsp3) is 0.222. The van der Waals surface area contributed by atoms with Crippen molar-refractivity contribution in [2.45, 2.75) is 6.42 Å². The van der Waals surface area contributed by atoms with Gasteiger partial charge in [0.15, 0.2) is 0 Å². The van der Waals surface area contributed by atoms with Crippen LogP contribution >= 0.6 is 11.6 Å². The minimum absolute atomic E-state index is 0.0835. The van der Waals surface area contributed by atoms with Crippen molar-refractivity contribution in [3.63, 3.8) is 0 Å². The molecule has 0 aliphatic rings. The number of rotatable bonds is 6. The Bertz CT molecular complexity index is 615. The average Bonchev–Trinajstić information content (AvgIpc) is 2.28. The third-order valence-electron chi connectivity index (χ3n) is 2.01. The maximum absolute atomic E-state index is 11.5. The summed E-state index contributed by atoms with van der Waals surface area (Å²) in [4.78, 5) is 20.3. The molecule has 0 bridgehead atoms. The molecule has 0 heterocycles. The smallest absolute Gasteiger partial charge is 0.304 e. The largest absolute Gasteiger partial charge is 0.481 e. The maximum Gasteiger partial charge on any atom is 0.304 e. The van der Waals surface area contributed by atoms with Crippen molar-refractivity contribution >= 4 is 39.0 Å². The number of carboxylic acids is 1. The molecule has 104 valence electrons. The molecule has 19 heavy (non-hydrogen) atoms. The fourth-order valence-electron chi connectivity index (χ4n) is 1.18. The minimum Gasteiger partial charge on any atom is -0.481 e. The number of nitro groups is 1. The Morgan fingerprint density at radius 1 is 1.47 bits per heavy atom. The number of hydrogen-bond donors (Lipinski definition) is 2. The SMILES string of the molecule is O=C(O)CCS(=O)(=O)Nc1ccc(Cl)cc1[N+](=O)[O-]. The van der Waals surface area contributed by atoms with Gasteiger partial charge >= 0.3 is 5.97 Å². The highest BCUT2D eigenvalue weighted by molar-refractivity contribution is 7.92. The van der Waals surface area contributed by atoms with Crippen LogP contribution in [-0.4, -0.2) is 30.2 Å². The number of aliphatic carboxylic acids is 1. The number of nitrogens with zero attached hydrogens (tertiary/aromatic N) is 1. The fourth-order valence-corrected chi connectivity index (χ4v) is 2.40. The molecule has 8 nitrogen and oxygen atoms in total. The van der Waals surface area contributed by atoms with Crippen LogP contribution in [-0.2, 0) is 14.8 Å². The van der Waals surface area contributed by atoms with E-state index in [1.807, 2.05) is 4.72 Å². The summed E-state index contributed by atoms with van der Waals surface area (Å²) in [7, 11) is -3.98. The van der Waals surface area contributed by atoms with Crippen LogP contribution in [0.4, 0.5) is 11.4 Å². The Balaban J connectivity index is 2.99. The standard InChI is InChI=1S/C9H9ClN2O6S/c10-6-1-2-7(8(5-6)12(15)16)11-19(17,18)4-3-9(13)14/h1-2,5,11H,3-4H2,(H,13,14). The molecule has 0 atom stereocenters. The number of hydrogen-bond acceptors (Lipinski definition) is 5. The number of anilines is 1. The van der Waals surface area contributed by atoms with Gasteiger partial charge in [0, 0.05) is 11.1 Å². The lowest BCUT2D eigenvalue weighted by molar-refractivity contribution is -0.383. The molecular formula is C9H9ClN2O6S. The second-order valence-electron chi connectivity index (χ2n) is 3.48. The number of benzene rings is 1. The van der Waals surface area contributed by atoms with E-state index in [-0.39, 0.29) is 10.7 Å². The minimum atomic E-state index is -3.98. The van der Waals surface area contributed by atoms with Crippen molar-refractivity contribution in [3.8, 4) is 0 Å². The van der Waals surface area contributed by atoms with Crippen molar-refractivity contribution in [3.05, 3.63) is 33.3 Å². The van der Waals surface area contributed by atoms with Gasteiger partial charge in [0.1, 0.15) is 5.69 Å². The van der Waals surface area contributed by atoms with Gasteiger partial charge < -0.3 is 5.11 Å². The van der Waals surface area contributed by atoms with Gasteiger partial charge in [-0.1, -0.05) is 11.6 Å². The molecule has 0 radical (unpaired) electrons. The van der Waals surface area contributed by atoms with Crippen LogP contribution in [0.2, 0.25) is 5.02 Å². The van der Waals surface area contributed by atoms with Gasteiger partial charge in [0.2, 0.25) is 10.0 Å². The van der Waals surface area contributed by atoms with Crippen molar-refractivity contribution in [1.82, 2.24) is 0 Å². The number of nitrogens with one attached hydrogen (secondary N) is 1. The Morgan fingerprint density at radius 3 is 2.63 bits per heavy atom. The zero-order chi connectivity index (χ0) is 14.6. The first kappa shape index (κ1) is 15.2. The zero-order valence-corrected chi connectivity index (χ0v) is 10.9. The quantitative estimate of drug-likeness (QED) is 0.605. The molecule has 0 fully saturated rings. The highest BCUT2D eigenvalue weighted by atomic mass is 35.5. The first-order chi connectivity index (χ1) is 8.71. The Kier molecular flexibility index (Phi) is 4.67. The predicted octanol–water partition coefficient (Wildman–Crippen LogP) is 1.46. The predicted molar refractivity (Wildman–Crippen MR) is 67.8 cm³/mol. The molecule has 0 aliphatic carbocycles. The van der Waals surface area contributed by atoms with Crippen molar-refractivity contribution in [1.29, 1.82) is 0 Å². The van der Waals surface area contributed by atoms with Gasteiger partial charge in [0.05, 0.1) is 17.1 Å². The van der Waals surface area contributed by atoms with Crippen LogP contribution in [0.25, 0.3) is 0 Å². The molecule has 0 spiro atoms. The summed E-state index contributed by atoms with van der Waals surface area (Å²) in [6, 6.07) is 3.42. The monoisotopic (exact) mass is 308 g/mol. The van der Waals surface area contributed by atoms with Crippen LogP contribution < -0.4 is 4.72 Å². The molecule has 1 rings (SSSR count). The van der Waals surface area contributed by atoms with Crippen LogP contribution in [0.5, 0.6) is 0 Å². The lowest BCUT2D eigenvalue weighted by atomic mass is 10.3. The second-order valence-corrected chi connectivity index (χ2v) is 5.76. The zero-order valence-electron chi connectivity index (χ0n) is 9.37. The van der Waals surface area contributed by atoms with E-state index in [2.05, 4.69) is 0 Å². The van der Waals surface area contributed by atoms with Gasteiger partial charge in [-0.25, -0.2) is 8.42 Å². The lowest BCUT2D eigenvalue weighted by Crippen LogP contribution is -2.19. The molecule has 0 unspecified atom stereocenters. The van der Waals surface area contributed by atoms with Crippen molar-refractivity contribution in [2.75, 3.05) is 10.5 Å². The summed E-state index contributed by atoms with van der Waals surface area (Å²) in [5.41, 5.74) is -0.772. The van der Waals surface area contributed by atoms with Crippen LogP contribution in [0.3, 0.4) is 0 Å². The third-order valence-corrected chi connectivity index (χ3v) is 3.51. The first-order valence-electron chi connectivity index (χ1n) is 4.87. The summed E-state index contributed by atoms with van der Waals surface area (Å²) in [6.45, 7) is 0. The Hall–Kier alpha value is -1.87. The molecule has 1 aromatic rings. The lowest BCUT2D eigenvalue weighted by Gasteiger charge is -2.07. The molecule has 0 aliphatic heterocycles. The molecule has 0 saturated carbocycles. The van der Waals surface area contributed by atoms with E-state index in [4.69, 9.17) is 16.7 Å². The van der Waals surface area contributed by atoms with Crippen LogP contribution in [0.1, 0.15) is 6.42 Å². The Labute approximate surface area is 113 Å². The van der Waals surface area contributed by atoms with Gasteiger partial charge in [-0.3, -0.25) is 19.6 Å². The molecule has 0 aromatic heterocycles. The number of sulfonamides is 1. The first-order valence-corrected chi connectivity index (χ1v) is 6.90. The van der Waals surface area contributed by atoms with Gasteiger partial charge in [-0.05, 0) is 12.1 Å². The van der Waals surface area contributed by atoms with Gasteiger partial charge in [-0.15, -0.1) is 0 Å². The summed E-state index contributed by atoms with van der Waals surface area (Å²) in [6.07, 6.45) is -0.600. The molecule has 2 N–H and O–H groups in total. The summed E-state index contributed by atoms with van der Waals surface area (Å²) in [5.74, 6) is -1.96. The van der Waals surface area contributed by atoms with Crippen LogP contribution in [0.15, 0.2) is 18.2 Å². The van der Waals surface area contributed by atoms with Gasteiger partial charge in [0.25, 0.3) is 5.69 Å². The third kappa shape index (κ3) is 4.72. The molecule has 1 aromatic carbocycles. The van der Waals surface area contributed by atoms with E-state index < -0.39 is 38.8 Å². The highest BCUT2D eigenvalue weighted by Crippen LogP contribution is 2.28. The van der Waals surface area contributed by atoms with Crippen molar-refractivity contribution < 1.29 is 23.2 Å². The van der Waals surface area contributed by atoms with E-state index in [1.165, 1.54) is 6.07 Å². The van der Waals surface area contributed by atoms with E-state index >= 15 is 0 Å². The second kappa shape index (κ2) is 5.85. The molecule has 0 saturated heterocycles. The van der Waals surface area contributed by atoms with E-state index in [0.717, 1.165) is 12.1 Å². The number of halogens is 1. The summed E-state index contributed by atoms with van der Waals surface area (Å²) < 4.78 is 25.0. The van der Waals surface area contributed by atoms with E-state index in [0.29, 0.717) is 0 Å². The van der Waals surface area contributed by atoms with Crippen LogP contribution in [0, 0.1) is 10.1 Å². The van der Waals surface area contributed by atoms with Gasteiger partial charge in [-0.2, -0.15) is 0 Å². The topological polar surface area (TPSA) is 127 Å². The summed E-state index contributed by atoms with van der Waals surface area (Å²) in [5, 5.41) is 19.2. The highest BCUT2D eigenvalue weighted by Gasteiger charge is 2.20. The van der Waals surface area contributed by atoms with Crippen molar-refractivity contribution in [2.24, 2.45) is 0 Å². The normalized spacial score (nSPS) is 11.0. The molecule has 10 heteroatoms. The Morgan fingerprint density at radius 2 is 2.11 bits per heavy atom. The number of carboxylic acid groups (broad SMARTS) is 1. The average molecular weight is 309 g/mol. The molecule has 0 amide bonds. The maximum atomic E-state index is 11.5. The summed E-state index contributed by atoms with van der Waals surface area (Å²) >= 11 is 5.58. The number of nitro benzene ring substituents is 1. The number of carbonyl (C=O) groups is 1. The van der Waals surface area contributed by atoms with E-state index in [9.17, 15) is 23.3 Å². The molecular weight excluding hydrogens is 300 g/mol. The van der Waals surface area contributed by atoms with E-state index in [1.54, 1.807) is 0 Å².